The number of carbonyl (C=O) groups is 1. The fraction of sp³-hybridized carbons (Fsp3) is 0.462. The van der Waals surface area contributed by atoms with Gasteiger partial charge >= 0.3 is 5.97 Å². The van der Waals surface area contributed by atoms with Crippen molar-refractivity contribution < 1.29 is 17.9 Å². The Kier molecular flexibility index (Phi) is 5.15. The molecule has 0 bridgehead atoms. The van der Waals surface area contributed by atoms with Gasteiger partial charge in [-0.3, -0.25) is 4.79 Å². The molecule has 1 aromatic rings. The summed E-state index contributed by atoms with van der Waals surface area (Å²) in [5, 5.41) is 0. The average Bonchev–Trinajstić information content (AvgIpc) is 2.24. The summed E-state index contributed by atoms with van der Waals surface area (Å²) in [6, 6.07) is 6.54. The minimum absolute atomic E-state index is 0.152. The third-order valence-corrected chi connectivity index (χ3v) is 4.89. The molecule has 0 fully saturated rings. The molecule has 0 heterocycles. The summed E-state index contributed by atoms with van der Waals surface area (Å²) in [5.74, 6) is -0.770. The predicted octanol–water partition coefficient (Wildman–Crippen LogP) is 2.95. The van der Waals surface area contributed by atoms with E-state index in [0.29, 0.717) is 4.47 Å². The fourth-order valence-corrected chi connectivity index (χ4v) is 3.75. The smallest absolute Gasteiger partial charge is 0.307 e. The van der Waals surface area contributed by atoms with Crippen LogP contribution in [0.1, 0.15) is 27.2 Å². The number of carbonyl (C=O) groups excluding carboxylic acids is 1. The Morgan fingerprint density at radius 3 is 2.37 bits per heavy atom. The lowest BCUT2D eigenvalue weighted by molar-refractivity contribution is -0.154. The number of hydrogen-bond acceptors (Lipinski definition) is 4. The molecule has 0 spiro atoms. The van der Waals surface area contributed by atoms with Gasteiger partial charge in [0.05, 0.1) is 17.1 Å². The van der Waals surface area contributed by atoms with Crippen LogP contribution in [0.3, 0.4) is 0 Å². The Morgan fingerprint density at radius 1 is 1.26 bits per heavy atom. The quantitative estimate of drug-likeness (QED) is 0.784. The second kappa shape index (κ2) is 6.05. The molecule has 6 heteroatoms. The van der Waals surface area contributed by atoms with Gasteiger partial charge in [-0.2, -0.15) is 0 Å². The molecule has 0 aliphatic rings. The summed E-state index contributed by atoms with van der Waals surface area (Å²) in [5.41, 5.74) is -0.603. The van der Waals surface area contributed by atoms with E-state index in [4.69, 9.17) is 4.74 Å². The van der Waals surface area contributed by atoms with Gasteiger partial charge in [-0.05, 0) is 48.8 Å². The molecule has 0 aliphatic heterocycles. The highest BCUT2D eigenvalue weighted by atomic mass is 79.9. The molecule has 4 nitrogen and oxygen atoms in total. The van der Waals surface area contributed by atoms with Gasteiger partial charge in [-0.25, -0.2) is 8.42 Å². The molecule has 106 valence electrons. The molecule has 0 saturated heterocycles. The van der Waals surface area contributed by atoms with E-state index in [1.807, 2.05) is 0 Å². The van der Waals surface area contributed by atoms with Crippen LogP contribution in [0.4, 0.5) is 0 Å². The van der Waals surface area contributed by atoms with E-state index < -0.39 is 21.4 Å². The molecule has 1 aromatic carbocycles. The number of rotatable bonds is 4. The Balaban J connectivity index is 2.72. The zero-order valence-electron chi connectivity index (χ0n) is 11.1. The average molecular weight is 349 g/mol. The molecule has 0 aromatic heterocycles. The Hall–Kier alpha value is -0.880. The second-order valence-corrected chi connectivity index (χ2v) is 8.02. The van der Waals surface area contributed by atoms with E-state index in [0.717, 1.165) is 0 Å². The van der Waals surface area contributed by atoms with E-state index in [1.165, 1.54) is 6.07 Å². The number of halogens is 1. The fourth-order valence-electron chi connectivity index (χ4n) is 1.42. The summed E-state index contributed by atoms with van der Waals surface area (Å²) in [4.78, 5) is 11.7. The minimum Gasteiger partial charge on any atom is -0.460 e. The Bertz CT molecular complexity index is 558. The third-order valence-electron chi connectivity index (χ3n) is 2.17. The normalized spacial score (nSPS) is 12.2. The highest BCUT2D eigenvalue weighted by molar-refractivity contribution is 9.10. The van der Waals surface area contributed by atoms with Crippen LogP contribution in [0.25, 0.3) is 0 Å². The molecule has 0 unspecified atom stereocenters. The molecule has 0 N–H and O–H groups in total. The van der Waals surface area contributed by atoms with Crippen molar-refractivity contribution in [3.63, 3.8) is 0 Å². The topological polar surface area (TPSA) is 60.4 Å². The molecule has 0 atom stereocenters. The van der Waals surface area contributed by atoms with Crippen molar-refractivity contribution in [2.75, 3.05) is 5.75 Å². The maximum Gasteiger partial charge on any atom is 0.307 e. The van der Waals surface area contributed by atoms with Crippen molar-refractivity contribution in [3.05, 3.63) is 28.7 Å². The van der Waals surface area contributed by atoms with Gasteiger partial charge in [-0.1, -0.05) is 12.1 Å². The zero-order valence-corrected chi connectivity index (χ0v) is 13.5. The number of sulfone groups is 1. The second-order valence-electron chi connectivity index (χ2n) is 5.09. The van der Waals surface area contributed by atoms with Gasteiger partial charge in [0.25, 0.3) is 0 Å². The molecule has 0 amide bonds. The van der Waals surface area contributed by atoms with Crippen LogP contribution in [-0.4, -0.2) is 25.7 Å². The first kappa shape index (κ1) is 16.2. The minimum atomic E-state index is -3.49. The lowest BCUT2D eigenvalue weighted by atomic mass is 10.2. The van der Waals surface area contributed by atoms with Crippen molar-refractivity contribution in [1.29, 1.82) is 0 Å². The largest absolute Gasteiger partial charge is 0.460 e. The maximum atomic E-state index is 12.1. The van der Waals surface area contributed by atoms with Crippen LogP contribution >= 0.6 is 15.9 Å². The van der Waals surface area contributed by atoms with Crippen molar-refractivity contribution >= 4 is 31.7 Å². The third kappa shape index (κ3) is 5.32. The molecule has 0 aliphatic carbocycles. The lowest BCUT2D eigenvalue weighted by Gasteiger charge is -2.19. The lowest BCUT2D eigenvalue weighted by Crippen LogP contribution is -2.25. The van der Waals surface area contributed by atoms with Crippen molar-refractivity contribution in [1.82, 2.24) is 0 Å². The SMILES string of the molecule is CC(C)(C)OC(=O)CCS(=O)(=O)c1ccccc1Br. The molecule has 0 radical (unpaired) electrons. The highest BCUT2D eigenvalue weighted by Gasteiger charge is 2.22. The van der Waals surface area contributed by atoms with E-state index in [-0.39, 0.29) is 17.1 Å². The number of hydrogen-bond donors (Lipinski definition) is 0. The van der Waals surface area contributed by atoms with Gasteiger partial charge in [0.15, 0.2) is 9.84 Å². The standard InChI is InChI=1S/C13H17BrO4S/c1-13(2,3)18-12(15)8-9-19(16,17)11-7-5-4-6-10(11)14/h4-7H,8-9H2,1-3H3. The van der Waals surface area contributed by atoms with Crippen LogP contribution < -0.4 is 0 Å². The van der Waals surface area contributed by atoms with Gasteiger partial charge < -0.3 is 4.74 Å². The molecular weight excluding hydrogens is 332 g/mol. The Labute approximate surface area is 122 Å². The summed E-state index contributed by atoms with van der Waals surface area (Å²) in [6.07, 6.45) is -0.152. The summed E-state index contributed by atoms with van der Waals surface area (Å²) in [7, 11) is -3.49. The van der Waals surface area contributed by atoms with Crippen molar-refractivity contribution in [3.8, 4) is 0 Å². The van der Waals surface area contributed by atoms with Crippen LogP contribution in [-0.2, 0) is 19.4 Å². The first-order valence-electron chi connectivity index (χ1n) is 5.81. The highest BCUT2D eigenvalue weighted by Crippen LogP contribution is 2.23. The monoisotopic (exact) mass is 348 g/mol. The van der Waals surface area contributed by atoms with Crippen molar-refractivity contribution in [2.45, 2.75) is 37.7 Å². The van der Waals surface area contributed by atoms with E-state index >= 15 is 0 Å². The summed E-state index contributed by atoms with van der Waals surface area (Å²) >= 11 is 3.19. The Morgan fingerprint density at radius 2 is 1.84 bits per heavy atom. The number of esters is 1. The van der Waals surface area contributed by atoms with Crippen LogP contribution in [0, 0.1) is 0 Å². The van der Waals surface area contributed by atoms with Crippen LogP contribution in [0.2, 0.25) is 0 Å². The molecule has 1 rings (SSSR count). The van der Waals surface area contributed by atoms with Gasteiger partial charge in [0.1, 0.15) is 5.60 Å². The molecule has 19 heavy (non-hydrogen) atoms. The van der Waals surface area contributed by atoms with E-state index in [9.17, 15) is 13.2 Å². The number of benzene rings is 1. The van der Waals surface area contributed by atoms with E-state index in [2.05, 4.69) is 15.9 Å². The predicted molar refractivity (Wildman–Crippen MR) is 76.7 cm³/mol. The van der Waals surface area contributed by atoms with Crippen molar-refractivity contribution in [2.24, 2.45) is 0 Å². The van der Waals surface area contributed by atoms with Crippen LogP contribution in [0.15, 0.2) is 33.6 Å². The van der Waals surface area contributed by atoms with Gasteiger partial charge in [0.2, 0.25) is 0 Å². The van der Waals surface area contributed by atoms with Crippen LogP contribution in [0.5, 0.6) is 0 Å². The summed E-state index contributed by atoms with van der Waals surface area (Å²) < 4.78 is 29.8. The first-order valence-corrected chi connectivity index (χ1v) is 8.25. The van der Waals surface area contributed by atoms with E-state index in [1.54, 1.807) is 39.0 Å². The molecule has 0 saturated carbocycles. The first-order chi connectivity index (χ1) is 8.62. The number of ether oxygens (including phenoxy) is 1. The van der Waals surface area contributed by atoms with Gasteiger partial charge in [-0.15, -0.1) is 0 Å². The molecular formula is C13H17BrO4S. The maximum absolute atomic E-state index is 12.1. The zero-order chi connectivity index (χ0) is 14.7. The summed E-state index contributed by atoms with van der Waals surface area (Å²) in [6.45, 7) is 5.23. The van der Waals surface area contributed by atoms with Gasteiger partial charge in [0, 0.05) is 4.47 Å².